The van der Waals surface area contributed by atoms with Crippen LogP contribution in [0.4, 0.5) is 0 Å². The first-order valence-electron chi connectivity index (χ1n) is 8.98. The largest absolute Gasteiger partial charge is 0.493 e. The van der Waals surface area contributed by atoms with Gasteiger partial charge in [0.05, 0.1) is 31.9 Å². The van der Waals surface area contributed by atoms with Crippen molar-refractivity contribution in [2.45, 2.75) is 24.3 Å². The Morgan fingerprint density at radius 3 is 2.52 bits per heavy atom. The van der Waals surface area contributed by atoms with E-state index >= 15 is 0 Å². The van der Waals surface area contributed by atoms with Gasteiger partial charge in [-0.3, -0.25) is 4.90 Å². The molecule has 0 radical (unpaired) electrons. The number of hydrogen-bond donors (Lipinski definition) is 1. The lowest BCUT2D eigenvalue weighted by atomic mass is 9.97. The third-order valence-electron chi connectivity index (χ3n) is 4.89. The summed E-state index contributed by atoms with van der Waals surface area (Å²) in [6.45, 7) is 3.11. The molecule has 0 bridgehead atoms. The number of nitrogens with zero attached hydrogens (tertiary/aromatic N) is 1. The van der Waals surface area contributed by atoms with Crippen LogP contribution in [-0.4, -0.2) is 47.2 Å². The molecule has 1 saturated heterocycles. The predicted octanol–water partition coefficient (Wildman–Crippen LogP) is 2.49. The quantitative estimate of drug-likeness (QED) is 0.741. The van der Waals surface area contributed by atoms with E-state index in [1.807, 2.05) is 12.1 Å². The number of likely N-dealkylation sites (tertiary alicyclic amines) is 1. The summed E-state index contributed by atoms with van der Waals surface area (Å²) in [5.74, 6) is 2.18. The number of piperidine rings is 1. The van der Waals surface area contributed by atoms with Crippen LogP contribution >= 0.6 is 0 Å². The highest BCUT2D eigenvalue weighted by molar-refractivity contribution is 7.89. The zero-order chi connectivity index (χ0) is 19.3. The molecule has 2 aromatic rings. The minimum absolute atomic E-state index is 0.176. The Morgan fingerprint density at radius 2 is 1.89 bits per heavy atom. The molecule has 1 aromatic heterocycles. The Morgan fingerprint density at radius 1 is 1.15 bits per heavy atom. The van der Waals surface area contributed by atoms with Crippen molar-refractivity contribution in [3.63, 3.8) is 0 Å². The molecule has 27 heavy (non-hydrogen) atoms. The molecule has 0 spiro atoms. The van der Waals surface area contributed by atoms with Crippen molar-refractivity contribution in [1.82, 2.24) is 9.62 Å². The Bertz CT molecular complexity index is 828. The van der Waals surface area contributed by atoms with Crippen LogP contribution in [0, 0.1) is 5.92 Å². The molecule has 1 fully saturated rings. The van der Waals surface area contributed by atoms with E-state index in [9.17, 15) is 8.42 Å². The first kappa shape index (κ1) is 19.7. The summed E-state index contributed by atoms with van der Waals surface area (Å²) in [5.41, 5.74) is 0. The summed E-state index contributed by atoms with van der Waals surface area (Å²) >= 11 is 0. The molecule has 0 unspecified atom stereocenters. The third-order valence-corrected chi connectivity index (χ3v) is 6.32. The zero-order valence-electron chi connectivity index (χ0n) is 15.7. The summed E-state index contributed by atoms with van der Waals surface area (Å²) in [6, 6.07) is 8.47. The number of nitrogens with one attached hydrogen (secondary N) is 1. The van der Waals surface area contributed by atoms with Crippen LogP contribution in [0.2, 0.25) is 0 Å². The highest BCUT2D eigenvalue weighted by Crippen LogP contribution is 2.29. The van der Waals surface area contributed by atoms with Gasteiger partial charge < -0.3 is 13.9 Å². The van der Waals surface area contributed by atoms with Crippen LogP contribution in [0.25, 0.3) is 0 Å². The van der Waals surface area contributed by atoms with Crippen LogP contribution in [0.3, 0.4) is 0 Å². The Hall–Kier alpha value is -2.03. The second kappa shape index (κ2) is 8.77. The van der Waals surface area contributed by atoms with Gasteiger partial charge in [0.2, 0.25) is 10.0 Å². The van der Waals surface area contributed by atoms with E-state index in [1.165, 1.54) is 26.4 Å². The number of hydrogen-bond acceptors (Lipinski definition) is 6. The van der Waals surface area contributed by atoms with Crippen molar-refractivity contribution in [1.29, 1.82) is 0 Å². The van der Waals surface area contributed by atoms with Gasteiger partial charge in [0, 0.05) is 12.6 Å². The van der Waals surface area contributed by atoms with E-state index in [2.05, 4.69) is 9.62 Å². The fraction of sp³-hybridized carbons (Fsp3) is 0.474. The van der Waals surface area contributed by atoms with Crippen LogP contribution in [0.5, 0.6) is 11.5 Å². The molecule has 0 saturated carbocycles. The van der Waals surface area contributed by atoms with E-state index < -0.39 is 10.0 Å². The first-order chi connectivity index (χ1) is 13.0. The maximum atomic E-state index is 12.6. The van der Waals surface area contributed by atoms with E-state index in [1.54, 1.807) is 12.3 Å². The molecule has 3 rings (SSSR count). The molecular formula is C19H26N2O5S. The standard InChI is InChI=1S/C19H26N2O5S/c1-24-18-6-5-17(12-19(18)25-2)27(22,23)20-13-15-7-9-21(10-8-15)14-16-4-3-11-26-16/h3-6,11-12,15,20H,7-10,13-14H2,1-2H3. The summed E-state index contributed by atoms with van der Waals surface area (Å²) in [5, 5.41) is 0. The monoisotopic (exact) mass is 394 g/mol. The lowest BCUT2D eigenvalue weighted by Crippen LogP contribution is -2.38. The predicted molar refractivity (Wildman–Crippen MR) is 101 cm³/mol. The van der Waals surface area contributed by atoms with E-state index in [0.29, 0.717) is 24.0 Å². The topological polar surface area (TPSA) is 81.0 Å². The van der Waals surface area contributed by atoms with Crippen molar-refractivity contribution < 1.29 is 22.3 Å². The van der Waals surface area contributed by atoms with E-state index in [4.69, 9.17) is 13.9 Å². The Balaban J connectivity index is 1.52. The normalized spacial score (nSPS) is 16.4. The summed E-state index contributed by atoms with van der Waals surface area (Å²) in [7, 11) is -0.585. The van der Waals surface area contributed by atoms with Gasteiger partial charge in [0.25, 0.3) is 0 Å². The highest BCUT2D eigenvalue weighted by atomic mass is 32.2. The van der Waals surface area contributed by atoms with Crippen LogP contribution < -0.4 is 14.2 Å². The van der Waals surface area contributed by atoms with E-state index in [0.717, 1.165) is 38.2 Å². The molecule has 2 heterocycles. The SMILES string of the molecule is COc1ccc(S(=O)(=O)NCC2CCN(Cc3ccco3)CC2)cc1OC. The maximum Gasteiger partial charge on any atom is 0.240 e. The molecule has 1 N–H and O–H groups in total. The molecule has 148 valence electrons. The van der Waals surface area contributed by atoms with Crippen molar-refractivity contribution in [2.24, 2.45) is 5.92 Å². The highest BCUT2D eigenvalue weighted by Gasteiger charge is 2.23. The Labute approximate surface area is 160 Å². The first-order valence-corrected chi connectivity index (χ1v) is 10.5. The number of methoxy groups -OCH3 is 2. The third kappa shape index (κ3) is 5.03. The van der Waals surface area contributed by atoms with Crippen LogP contribution in [0.1, 0.15) is 18.6 Å². The average molecular weight is 394 g/mol. The summed E-state index contributed by atoms with van der Waals surface area (Å²) in [4.78, 5) is 2.51. The number of rotatable bonds is 8. The van der Waals surface area contributed by atoms with Crippen LogP contribution in [0.15, 0.2) is 45.9 Å². The average Bonchev–Trinajstić information content (AvgIpc) is 3.20. The molecule has 1 aliphatic heterocycles. The molecule has 0 aliphatic carbocycles. The van der Waals surface area contributed by atoms with Gasteiger partial charge in [-0.25, -0.2) is 13.1 Å². The summed E-state index contributed by atoms with van der Waals surface area (Å²) in [6.07, 6.45) is 3.59. The van der Waals surface area contributed by atoms with Crippen molar-refractivity contribution in [3.8, 4) is 11.5 Å². The lowest BCUT2D eigenvalue weighted by Gasteiger charge is -2.31. The molecule has 0 atom stereocenters. The van der Waals surface area contributed by atoms with Crippen molar-refractivity contribution >= 4 is 10.0 Å². The number of furan rings is 1. The van der Waals surface area contributed by atoms with Gasteiger partial charge in [-0.2, -0.15) is 0 Å². The smallest absolute Gasteiger partial charge is 0.240 e. The number of ether oxygens (including phenoxy) is 2. The second-order valence-electron chi connectivity index (χ2n) is 6.67. The molecule has 1 aromatic carbocycles. The molecule has 7 nitrogen and oxygen atoms in total. The number of benzene rings is 1. The fourth-order valence-corrected chi connectivity index (χ4v) is 4.40. The van der Waals surface area contributed by atoms with Gasteiger partial charge in [-0.15, -0.1) is 0 Å². The van der Waals surface area contributed by atoms with Gasteiger partial charge in [-0.1, -0.05) is 0 Å². The number of sulfonamides is 1. The summed E-state index contributed by atoms with van der Waals surface area (Å²) < 4.78 is 43.6. The molecular weight excluding hydrogens is 368 g/mol. The zero-order valence-corrected chi connectivity index (χ0v) is 16.5. The van der Waals surface area contributed by atoms with Gasteiger partial charge >= 0.3 is 0 Å². The van der Waals surface area contributed by atoms with Gasteiger partial charge in [0.1, 0.15) is 5.76 Å². The molecule has 0 amide bonds. The molecule has 1 aliphatic rings. The molecule has 8 heteroatoms. The second-order valence-corrected chi connectivity index (χ2v) is 8.43. The minimum Gasteiger partial charge on any atom is -0.493 e. The van der Waals surface area contributed by atoms with Crippen molar-refractivity contribution in [3.05, 3.63) is 42.4 Å². The van der Waals surface area contributed by atoms with Gasteiger partial charge in [-0.05, 0) is 56.1 Å². The lowest BCUT2D eigenvalue weighted by molar-refractivity contribution is 0.168. The Kier molecular flexibility index (Phi) is 6.41. The van der Waals surface area contributed by atoms with E-state index in [-0.39, 0.29) is 4.90 Å². The maximum absolute atomic E-state index is 12.6. The van der Waals surface area contributed by atoms with Crippen molar-refractivity contribution in [2.75, 3.05) is 33.9 Å². The van der Waals surface area contributed by atoms with Gasteiger partial charge in [0.15, 0.2) is 11.5 Å². The fourth-order valence-electron chi connectivity index (χ4n) is 3.27. The van der Waals surface area contributed by atoms with Crippen LogP contribution in [-0.2, 0) is 16.6 Å². The minimum atomic E-state index is -3.59.